The summed E-state index contributed by atoms with van der Waals surface area (Å²) < 4.78 is 5.15. The monoisotopic (exact) mass is 354 g/mol. The summed E-state index contributed by atoms with van der Waals surface area (Å²) in [5.74, 6) is -0.313. The number of piperidine rings is 1. The lowest BCUT2D eigenvalue weighted by Gasteiger charge is -2.35. The molecule has 5 heteroatoms. The smallest absolute Gasteiger partial charge is 0.328 e. The molecule has 26 heavy (non-hydrogen) atoms. The van der Waals surface area contributed by atoms with Crippen LogP contribution >= 0.6 is 0 Å². The molecule has 1 amide bonds. The minimum absolute atomic E-state index is 0.0292. The van der Waals surface area contributed by atoms with Crippen molar-refractivity contribution in [3.05, 3.63) is 42.5 Å². The average molecular weight is 354 g/mol. The fraction of sp³-hybridized carbons (Fsp3) is 0.429. The van der Waals surface area contributed by atoms with Crippen molar-refractivity contribution in [2.75, 3.05) is 31.6 Å². The Morgan fingerprint density at radius 1 is 1.15 bits per heavy atom. The van der Waals surface area contributed by atoms with E-state index >= 15 is 0 Å². The number of anilines is 1. The van der Waals surface area contributed by atoms with Crippen LogP contribution in [0.4, 0.5) is 5.69 Å². The van der Waals surface area contributed by atoms with Gasteiger partial charge >= 0.3 is 5.97 Å². The number of likely N-dealkylation sites (N-methyl/N-ethyl adjacent to an activating group) is 1. The van der Waals surface area contributed by atoms with E-state index in [1.54, 1.807) is 11.8 Å². The number of likely N-dealkylation sites (tertiary alicyclic amines) is 1. The second-order valence-corrected chi connectivity index (χ2v) is 6.74. The zero-order valence-corrected chi connectivity index (χ0v) is 15.5. The minimum Gasteiger partial charge on any atom is -0.464 e. The molecule has 1 aliphatic rings. The van der Waals surface area contributed by atoms with Gasteiger partial charge in [0.15, 0.2) is 0 Å². The third-order valence-electron chi connectivity index (χ3n) is 4.93. The first-order valence-corrected chi connectivity index (χ1v) is 9.26. The molecule has 0 saturated carbocycles. The number of rotatable bonds is 5. The number of amides is 1. The summed E-state index contributed by atoms with van der Waals surface area (Å²) >= 11 is 0. The van der Waals surface area contributed by atoms with Crippen LogP contribution in [0.15, 0.2) is 42.5 Å². The van der Waals surface area contributed by atoms with Gasteiger partial charge in [0.2, 0.25) is 5.91 Å². The molecule has 0 bridgehead atoms. The number of ether oxygens (including phenoxy) is 1. The highest BCUT2D eigenvalue weighted by atomic mass is 16.5. The van der Waals surface area contributed by atoms with E-state index in [1.807, 2.05) is 30.1 Å². The predicted octanol–water partition coefficient (Wildman–Crippen LogP) is 3.22. The number of carbonyl (C=O) groups is 2. The number of hydrogen-bond donors (Lipinski definition) is 0. The SMILES string of the molecule is CCOC(=O)[C@@H]1CCCCN1C(=O)CN(C)c1ccc2ccccc2c1. The molecule has 1 saturated heterocycles. The Bertz CT molecular complexity index is 790. The molecule has 0 aromatic heterocycles. The molecule has 0 unspecified atom stereocenters. The number of nitrogens with zero attached hydrogens (tertiary/aromatic N) is 2. The molecule has 0 N–H and O–H groups in total. The lowest BCUT2D eigenvalue weighted by molar-refractivity contribution is -0.156. The maximum absolute atomic E-state index is 12.8. The van der Waals surface area contributed by atoms with Crippen LogP contribution < -0.4 is 4.90 Å². The van der Waals surface area contributed by atoms with Crippen LogP contribution in [0.1, 0.15) is 26.2 Å². The molecule has 138 valence electrons. The quantitative estimate of drug-likeness (QED) is 0.774. The molecule has 5 nitrogen and oxygen atoms in total. The van der Waals surface area contributed by atoms with Gasteiger partial charge in [0.1, 0.15) is 6.04 Å². The third-order valence-corrected chi connectivity index (χ3v) is 4.93. The molecular weight excluding hydrogens is 328 g/mol. The summed E-state index contributed by atoms with van der Waals surface area (Å²) in [5.41, 5.74) is 0.988. The molecule has 0 spiro atoms. The van der Waals surface area contributed by atoms with E-state index in [2.05, 4.69) is 24.3 Å². The van der Waals surface area contributed by atoms with Gasteiger partial charge < -0.3 is 14.5 Å². The van der Waals surface area contributed by atoms with Gasteiger partial charge in [-0.1, -0.05) is 30.3 Å². The first-order chi connectivity index (χ1) is 12.6. The second-order valence-electron chi connectivity index (χ2n) is 6.74. The third kappa shape index (κ3) is 3.98. The summed E-state index contributed by atoms with van der Waals surface area (Å²) in [6.07, 6.45) is 2.57. The summed E-state index contributed by atoms with van der Waals surface area (Å²) in [7, 11) is 1.91. The number of benzene rings is 2. The number of fused-ring (bicyclic) bond motifs is 1. The zero-order chi connectivity index (χ0) is 18.5. The van der Waals surface area contributed by atoms with E-state index in [0.29, 0.717) is 19.6 Å². The second kappa shape index (κ2) is 8.21. The molecular formula is C21H26N2O3. The fourth-order valence-electron chi connectivity index (χ4n) is 3.51. The van der Waals surface area contributed by atoms with Gasteiger partial charge in [0.05, 0.1) is 13.2 Å². The van der Waals surface area contributed by atoms with Crippen LogP contribution in [-0.4, -0.2) is 49.6 Å². The molecule has 1 heterocycles. The molecule has 1 atom stereocenters. The van der Waals surface area contributed by atoms with E-state index in [1.165, 1.54) is 5.39 Å². The summed E-state index contributed by atoms with van der Waals surface area (Å²) in [6.45, 7) is 3.00. The predicted molar refractivity (Wildman–Crippen MR) is 103 cm³/mol. The Morgan fingerprint density at radius 3 is 2.69 bits per heavy atom. The highest BCUT2D eigenvalue weighted by Gasteiger charge is 2.33. The molecule has 3 rings (SSSR count). The highest BCUT2D eigenvalue weighted by Crippen LogP contribution is 2.23. The van der Waals surface area contributed by atoms with Crippen molar-refractivity contribution in [1.82, 2.24) is 4.90 Å². The molecule has 1 aliphatic heterocycles. The largest absolute Gasteiger partial charge is 0.464 e. The van der Waals surface area contributed by atoms with Crippen molar-refractivity contribution < 1.29 is 14.3 Å². The van der Waals surface area contributed by atoms with Crippen molar-refractivity contribution in [3.63, 3.8) is 0 Å². The fourth-order valence-corrected chi connectivity index (χ4v) is 3.51. The standard InChI is InChI=1S/C21H26N2O3/c1-3-26-21(25)19-10-6-7-13-23(19)20(24)15-22(2)18-12-11-16-8-4-5-9-17(16)14-18/h4-5,8-9,11-12,14,19H,3,6-7,10,13,15H2,1-2H3/t19-/m0/s1. The Morgan fingerprint density at radius 2 is 1.92 bits per heavy atom. The van der Waals surface area contributed by atoms with Crippen molar-refractivity contribution in [1.29, 1.82) is 0 Å². The van der Waals surface area contributed by atoms with Crippen LogP contribution in [0.25, 0.3) is 10.8 Å². The van der Waals surface area contributed by atoms with Gasteiger partial charge in [-0.25, -0.2) is 4.79 Å². The molecule has 1 fully saturated rings. The van der Waals surface area contributed by atoms with Gasteiger partial charge in [0.25, 0.3) is 0 Å². The van der Waals surface area contributed by atoms with Gasteiger partial charge in [-0.15, -0.1) is 0 Å². The van der Waals surface area contributed by atoms with Crippen LogP contribution in [0.5, 0.6) is 0 Å². The van der Waals surface area contributed by atoms with Crippen molar-refractivity contribution >= 4 is 28.3 Å². The number of carbonyl (C=O) groups excluding carboxylic acids is 2. The van der Waals surface area contributed by atoms with Gasteiger partial charge in [-0.05, 0) is 49.1 Å². The van der Waals surface area contributed by atoms with E-state index in [0.717, 1.165) is 23.9 Å². The first kappa shape index (κ1) is 18.2. The maximum Gasteiger partial charge on any atom is 0.328 e. The zero-order valence-electron chi connectivity index (χ0n) is 15.5. The van der Waals surface area contributed by atoms with Crippen LogP contribution in [0, 0.1) is 0 Å². The average Bonchev–Trinajstić information content (AvgIpc) is 2.67. The lowest BCUT2D eigenvalue weighted by atomic mass is 10.0. The van der Waals surface area contributed by atoms with E-state index < -0.39 is 6.04 Å². The van der Waals surface area contributed by atoms with Crippen molar-refractivity contribution in [2.24, 2.45) is 0 Å². The lowest BCUT2D eigenvalue weighted by Crippen LogP contribution is -2.51. The highest BCUT2D eigenvalue weighted by molar-refractivity contribution is 5.89. The Hall–Kier alpha value is -2.56. The van der Waals surface area contributed by atoms with Gasteiger partial charge in [0, 0.05) is 19.3 Å². The van der Waals surface area contributed by atoms with Crippen LogP contribution in [0.3, 0.4) is 0 Å². The molecule has 2 aromatic carbocycles. The molecule has 2 aromatic rings. The number of esters is 1. The van der Waals surface area contributed by atoms with E-state index in [-0.39, 0.29) is 18.4 Å². The minimum atomic E-state index is -0.443. The van der Waals surface area contributed by atoms with Crippen molar-refractivity contribution in [2.45, 2.75) is 32.2 Å². The molecule has 0 aliphatic carbocycles. The molecule has 0 radical (unpaired) electrons. The summed E-state index contributed by atoms with van der Waals surface area (Å²) in [6, 6.07) is 13.9. The normalized spacial score (nSPS) is 17.2. The Kier molecular flexibility index (Phi) is 5.76. The van der Waals surface area contributed by atoms with E-state index in [9.17, 15) is 9.59 Å². The summed E-state index contributed by atoms with van der Waals surface area (Å²) in [4.78, 5) is 28.7. The summed E-state index contributed by atoms with van der Waals surface area (Å²) in [5, 5.41) is 2.32. The van der Waals surface area contributed by atoms with Crippen LogP contribution in [-0.2, 0) is 14.3 Å². The van der Waals surface area contributed by atoms with Crippen LogP contribution in [0.2, 0.25) is 0 Å². The van der Waals surface area contributed by atoms with Gasteiger partial charge in [-0.2, -0.15) is 0 Å². The Balaban J connectivity index is 1.71. The maximum atomic E-state index is 12.8. The first-order valence-electron chi connectivity index (χ1n) is 9.26. The van der Waals surface area contributed by atoms with E-state index in [4.69, 9.17) is 4.74 Å². The topological polar surface area (TPSA) is 49.9 Å². The van der Waals surface area contributed by atoms with Gasteiger partial charge in [-0.3, -0.25) is 4.79 Å². The van der Waals surface area contributed by atoms with Crippen molar-refractivity contribution in [3.8, 4) is 0 Å². The Labute approximate surface area is 154 Å². The number of hydrogen-bond acceptors (Lipinski definition) is 4.